The highest BCUT2D eigenvalue weighted by Gasteiger charge is 2.19. The summed E-state index contributed by atoms with van der Waals surface area (Å²) in [5, 5.41) is 0. The van der Waals surface area contributed by atoms with Gasteiger partial charge in [0.25, 0.3) is 0 Å². The standard InChI is InChI=1S/C10H21NO/c1-4-11-7-5-6-10(8-11)12-9(2)3/h9-10H,4-8H2,1-3H3. The normalized spacial score (nSPS) is 26.5. The molecule has 1 rings (SSSR count). The summed E-state index contributed by atoms with van der Waals surface area (Å²) in [5.41, 5.74) is 0. The van der Waals surface area contributed by atoms with Crippen molar-refractivity contribution >= 4 is 0 Å². The van der Waals surface area contributed by atoms with E-state index in [1.165, 1.54) is 19.4 Å². The van der Waals surface area contributed by atoms with E-state index in [2.05, 4.69) is 25.7 Å². The molecule has 2 heteroatoms. The molecule has 1 unspecified atom stereocenters. The molecular formula is C10H21NO. The summed E-state index contributed by atoms with van der Waals surface area (Å²) in [4.78, 5) is 2.47. The minimum absolute atomic E-state index is 0.381. The van der Waals surface area contributed by atoms with E-state index in [-0.39, 0.29) is 0 Å². The molecule has 0 spiro atoms. The van der Waals surface area contributed by atoms with Crippen LogP contribution in [0.5, 0.6) is 0 Å². The summed E-state index contributed by atoms with van der Waals surface area (Å²) in [6, 6.07) is 0. The molecule has 0 bridgehead atoms. The maximum Gasteiger partial charge on any atom is 0.0705 e. The first-order valence-electron chi connectivity index (χ1n) is 5.10. The van der Waals surface area contributed by atoms with Gasteiger partial charge in [-0.1, -0.05) is 6.92 Å². The van der Waals surface area contributed by atoms with E-state index in [1.807, 2.05) is 0 Å². The molecule has 1 atom stereocenters. The molecule has 1 aliphatic rings. The Morgan fingerprint density at radius 1 is 1.50 bits per heavy atom. The Kier molecular flexibility index (Phi) is 4.02. The van der Waals surface area contributed by atoms with Crippen LogP contribution in [0.15, 0.2) is 0 Å². The van der Waals surface area contributed by atoms with E-state index >= 15 is 0 Å². The molecule has 0 amide bonds. The molecule has 2 nitrogen and oxygen atoms in total. The van der Waals surface area contributed by atoms with Crippen molar-refractivity contribution in [1.29, 1.82) is 0 Å². The topological polar surface area (TPSA) is 12.5 Å². The van der Waals surface area contributed by atoms with Crippen LogP contribution in [0.3, 0.4) is 0 Å². The number of hydrogen-bond acceptors (Lipinski definition) is 2. The Morgan fingerprint density at radius 2 is 2.25 bits per heavy atom. The number of hydrogen-bond donors (Lipinski definition) is 0. The fourth-order valence-electron chi connectivity index (χ4n) is 1.80. The smallest absolute Gasteiger partial charge is 0.0705 e. The Hall–Kier alpha value is -0.0800. The molecule has 0 radical (unpaired) electrons. The number of rotatable bonds is 3. The lowest BCUT2D eigenvalue weighted by molar-refractivity contribution is -0.0319. The average Bonchev–Trinajstić information content (AvgIpc) is 2.03. The van der Waals surface area contributed by atoms with Gasteiger partial charge in [0.05, 0.1) is 12.2 Å². The lowest BCUT2D eigenvalue weighted by Gasteiger charge is -2.32. The fraction of sp³-hybridized carbons (Fsp3) is 1.00. The number of ether oxygens (including phenoxy) is 1. The third-order valence-corrected chi connectivity index (χ3v) is 2.37. The highest BCUT2D eigenvalue weighted by molar-refractivity contribution is 4.72. The number of piperidine rings is 1. The third-order valence-electron chi connectivity index (χ3n) is 2.37. The van der Waals surface area contributed by atoms with Gasteiger partial charge in [-0.15, -0.1) is 0 Å². The highest BCUT2D eigenvalue weighted by Crippen LogP contribution is 2.13. The maximum absolute atomic E-state index is 5.78. The molecule has 0 aliphatic carbocycles. The molecule has 1 saturated heterocycles. The van der Waals surface area contributed by atoms with Crippen molar-refractivity contribution in [3.63, 3.8) is 0 Å². The largest absolute Gasteiger partial charge is 0.374 e. The molecule has 0 N–H and O–H groups in total. The summed E-state index contributed by atoms with van der Waals surface area (Å²) >= 11 is 0. The minimum atomic E-state index is 0.381. The molecule has 72 valence electrons. The van der Waals surface area contributed by atoms with Gasteiger partial charge in [-0.25, -0.2) is 0 Å². The zero-order chi connectivity index (χ0) is 8.97. The van der Waals surface area contributed by atoms with Crippen molar-refractivity contribution in [2.24, 2.45) is 0 Å². The summed E-state index contributed by atoms with van der Waals surface area (Å²) in [6.45, 7) is 10.0. The number of likely N-dealkylation sites (N-methyl/N-ethyl adjacent to an activating group) is 1. The van der Waals surface area contributed by atoms with E-state index in [9.17, 15) is 0 Å². The average molecular weight is 171 g/mol. The summed E-state index contributed by atoms with van der Waals surface area (Å²) in [6.07, 6.45) is 3.41. The van der Waals surface area contributed by atoms with Crippen molar-refractivity contribution < 1.29 is 4.74 Å². The molecule has 12 heavy (non-hydrogen) atoms. The van der Waals surface area contributed by atoms with Crippen LogP contribution in [0.4, 0.5) is 0 Å². The number of likely N-dealkylation sites (tertiary alicyclic amines) is 1. The summed E-state index contributed by atoms with van der Waals surface area (Å²) in [5.74, 6) is 0. The quantitative estimate of drug-likeness (QED) is 0.643. The van der Waals surface area contributed by atoms with Gasteiger partial charge in [0.2, 0.25) is 0 Å². The van der Waals surface area contributed by atoms with Crippen LogP contribution in [-0.4, -0.2) is 36.7 Å². The summed E-state index contributed by atoms with van der Waals surface area (Å²) < 4.78 is 5.78. The van der Waals surface area contributed by atoms with Crippen LogP contribution in [0.2, 0.25) is 0 Å². The van der Waals surface area contributed by atoms with Gasteiger partial charge in [-0.3, -0.25) is 0 Å². The van der Waals surface area contributed by atoms with E-state index in [0.29, 0.717) is 12.2 Å². The molecule has 1 aliphatic heterocycles. The SMILES string of the molecule is CCN1CCCC(OC(C)C)C1. The fourth-order valence-corrected chi connectivity index (χ4v) is 1.80. The second kappa shape index (κ2) is 4.83. The van der Waals surface area contributed by atoms with Gasteiger partial charge in [0.15, 0.2) is 0 Å². The van der Waals surface area contributed by atoms with Crippen LogP contribution in [0.25, 0.3) is 0 Å². The monoisotopic (exact) mass is 171 g/mol. The van der Waals surface area contributed by atoms with E-state index in [0.717, 1.165) is 13.1 Å². The van der Waals surface area contributed by atoms with E-state index in [1.54, 1.807) is 0 Å². The summed E-state index contributed by atoms with van der Waals surface area (Å²) in [7, 11) is 0. The van der Waals surface area contributed by atoms with Crippen molar-refractivity contribution in [2.45, 2.75) is 45.8 Å². The maximum atomic E-state index is 5.78. The third kappa shape index (κ3) is 3.11. The molecule has 0 aromatic rings. The minimum Gasteiger partial charge on any atom is -0.374 e. The van der Waals surface area contributed by atoms with Gasteiger partial charge in [0.1, 0.15) is 0 Å². The molecule has 1 heterocycles. The van der Waals surface area contributed by atoms with Crippen LogP contribution < -0.4 is 0 Å². The van der Waals surface area contributed by atoms with Gasteiger partial charge in [-0.05, 0) is 39.8 Å². The van der Waals surface area contributed by atoms with E-state index in [4.69, 9.17) is 4.74 Å². The van der Waals surface area contributed by atoms with Gasteiger partial charge >= 0.3 is 0 Å². The predicted molar refractivity (Wildman–Crippen MR) is 51.4 cm³/mol. The Labute approximate surface area is 75.9 Å². The first-order valence-corrected chi connectivity index (χ1v) is 5.10. The zero-order valence-corrected chi connectivity index (χ0v) is 8.55. The highest BCUT2D eigenvalue weighted by atomic mass is 16.5. The van der Waals surface area contributed by atoms with Crippen LogP contribution >= 0.6 is 0 Å². The van der Waals surface area contributed by atoms with Crippen molar-refractivity contribution in [3.8, 4) is 0 Å². The second-order valence-electron chi connectivity index (χ2n) is 3.84. The van der Waals surface area contributed by atoms with Crippen LogP contribution in [0, 0.1) is 0 Å². The lowest BCUT2D eigenvalue weighted by atomic mass is 10.1. The molecular weight excluding hydrogens is 150 g/mol. The zero-order valence-electron chi connectivity index (χ0n) is 8.55. The van der Waals surface area contributed by atoms with Crippen LogP contribution in [-0.2, 0) is 4.74 Å². The van der Waals surface area contributed by atoms with Crippen molar-refractivity contribution in [2.75, 3.05) is 19.6 Å². The molecule has 0 aromatic heterocycles. The Balaban J connectivity index is 2.25. The molecule has 0 aromatic carbocycles. The lowest BCUT2D eigenvalue weighted by Crippen LogP contribution is -2.40. The Morgan fingerprint density at radius 3 is 2.83 bits per heavy atom. The van der Waals surface area contributed by atoms with Gasteiger partial charge < -0.3 is 9.64 Å². The molecule has 0 saturated carbocycles. The van der Waals surface area contributed by atoms with Gasteiger partial charge in [-0.2, -0.15) is 0 Å². The first kappa shape index (κ1) is 10.0. The second-order valence-corrected chi connectivity index (χ2v) is 3.84. The van der Waals surface area contributed by atoms with Crippen molar-refractivity contribution in [3.05, 3.63) is 0 Å². The number of nitrogens with zero attached hydrogens (tertiary/aromatic N) is 1. The van der Waals surface area contributed by atoms with Gasteiger partial charge in [0, 0.05) is 6.54 Å². The first-order chi connectivity index (χ1) is 5.72. The van der Waals surface area contributed by atoms with E-state index < -0.39 is 0 Å². The Bertz CT molecular complexity index is 125. The van der Waals surface area contributed by atoms with Crippen molar-refractivity contribution in [1.82, 2.24) is 4.90 Å². The molecule has 1 fully saturated rings. The van der Waals surface area contributed by atoms with Crippen LogP contribution in [0.1, 0.15) is 33.6 Å². The predicted octanol–water partition coefficient (Wildman–Crippen LogP) is 1.90.